The van der Waals surface area contributed by atoms with E-state index in [1.165, 1.54) is 0 Å². The van der Waals surface area contributed by atoms with Gasteiger partial charge in [-0.3, -0.25) is 0 Å². The summed E-state index contributed by atoms with van der Waals surface area (Å²) in [5.74, 6) is 0.199. The third kappa shape index (κ3) is 6.84. The first-order valence-corrected chi connectivity index (χ1v) is 9.27. The maximum Gasteiger partial charge on any atom is 0.211 e. The van der Waals surface area contributed by atoms with Gasteiger partial charge in [-0.15, -0.1) is 11.3 Å². The molecule has 0 aliphatic rings. The lowest BCUT2D eigenvalue weighted by Crippen LogP contribution is -2.26. The normalized spacial score (nSPS) is 11.9. The summed E-state index contributed by atoms with van der Waals surface area (Å²) < 4.78 is 27.0. The number of unbranched alkanes of at least 4 members (excludes halogenated alkanes) is 1. The standard InChI is InChI=1S/C11H19BrN2O2S2/c1-2-13-5-3-4-6-18(15,16)14-8-11-7-10(12)9-17-11/h7,9,13-14H,2-6,8H2,1H3. The summed E-state index contributed by atoms with van der Waals surface area (Å²) in [6, 6.07) is 1.93. The topological polar surface area (TPSA) is 58.2 Å². The van der Waals surface area contributed by atoms with Gasteiger partial charge in [0.25, 0.3) is 0 Å². The molecule has 0 aromatic carbocycles. The molecule has 4 nitrogen and oxygen atoms in total. The van der Waals surface area contributed by atoms with Crippen LogP contribution in [0.5, 0.6) is 0 Å². The van der Waals surface area contributed by atoms with Gasteiger partial charge < -0.3 is 5.32 Å². The van der Waals surface area contributed by atoms with Crippen LogP contribution in [0.25, 0.3) is 0 Å². The summed E-state index contributed by atoms with van der Waals surface area (Å²) in [6.45, 7) is 4.23. The zero-order chi connectivity index (χ0) is 13.4. The zero-order valence-corrected chi connectivity index (χ0v) is 13.6. The van der Waals surface area contributed by atoms with Gasteiger partial charge in [-0.2, -0.15) is 0 Å². The molecule has 0 fully saturated rings. The van der Waals surface area contributed by atoms with Crippen LogP contribution in [0, 0.1) is 0 Å². The van der Waals surface area contributed by atoms with E-state index in [4.69, 9.17) is 0 Å². The van der Waals surface area contributed by atoms with Gasteiger partial charge in [0, 0.05) is 21.3 Å². The van der Waals surface area contributed by atoms with Gasteiger partial charge in [0.2, 0.25) is 10.0 Å². The van der Waals surface area contributed by atoms with Gasteiger partial charge in [-0.25, -0.2) is 13.1 Å². The molecule has 1 heterocycles. The van der Waals surface area contributed by atoms with E-state index in [2.05, 4.69) is 26.0 Å². The third-order valence-electron chi connectivity index (χ3n) is 2.35. The number of sulfonamides is 1. The Morgan fingerprint density at radius 2 is 2.17 bits per heavy atom. The monoisotopic (exact) mass is 354 g/mol. The molecule has 0 aliphatic carbocycles. The van der Waals surface area contributed by atoms with Crippen molar-refractivity contribution in [1.82, 2.24) is 10.0 Å². The molecule has 0 saturated heterocycles. The van der Waals surface area contributed by atoms with Gasteiger partial charge in [0.05, 0.1) is 5.75 Å². The maximum atomic E-state index is 11.7. The average Bonchev–Trinajstić information content (AvgIpc) is 2.73. The first-order chi connectivity index (χ1) is 8.53. The first kappa shape index (κ1) is 16.1. The fourth-order valence-corrected chi connectivity index (χ4v) is 4.00. The summed E-state index contributed by atoms with van der Waals surface area (Å²) in [4.78, 5) is 1.01. The van der Waals surface area contributed by atoms with Crippen LogP contribution in [0.2, 0.25) is 0 Å². The molecule has 0 unspecified atom stereocenters. The Morgan fingerprint density at radius 3 is 2.78 bits per heavy atom. The van der Waals surface area contributed by atoms with Crippen molar-refractivity contribution in [2.75, 3.05) is 18.8 Å². The lowest BCUT2D eigenvalue weighted by molar-refractivity contribution is 0.574. The molecule has 104 valence electrons. The number of hydrogen-bond donors (Lipinski definition) is 2. The second-order valence-corrected chi connectivity index (χ2v) is 7.77. The SMILES string of the molecule is CCNCCCCS(=O)(=O)NCc1cc(Br)cs1. The van der Waals surface area contributed by atoms with Gasteiger partial charge in [0.1, 0.15) is 0 Å². The summed E-state index contributed by atoms with van der Waals surface area (Å²) in [5.41, 5.74) is 0. The van der Waals surface area contributed by atoms with Crippen LogP contribution in [0.3, 0.4) is 0 Å². The van der Waals surface area contributed by atoms with Crippen molar-refractivity contribution < 1.29 is 8.42 Å². The third-order valence-corrected chi connectivity index (χ3v) is 5.46. The predicted octanol–water partition coefficient (Wildman–Crippen LogP) is 2.32. The van der Waals surface area contributed by atoms with Gasteiger partial charge in [-0.05, 0) is 47.9 Å². The largest absolute Gasteiger partial charge is 0.317 e. The van der Waals surface area contributed by atoms with Crippen LogP contribution in [-0.4, -0.2) is 27.3 Å². The van der Waals surface area contributed by atoms with E-state index in [0.29, 0.717) is 13.0 Å². The highest BCUT2D eigenvalue weighted by atomic mass is 79.9. The molecule has 1 aromatic heterocycles. The molecule has 7 heteroatoms. The Kier molecular flexibility index (Phi) is 7.40. The molecule has 0 spiro atoms. The fraction of sp³-hybridized carbons (Fsp3) is 0.636. The molecule has 18 heavy (non-hydrogen) atoms. The lowest BCUT2D eigenvalue weighted by atomic mass is 10.3. The smallest absolute Gasteiger partial charge is 0.211 e. The Bertz CT molecular complexity index is 446. The van der Waals surface area contributed by atoms with E-state index in [1.807, 2.05) is 18.4 Å². The Morgan fingerprint density at radius 1 is 1.39 bits per heavy atom. The molecule has 0 amide bonds. The molecule has 0 atom stereocenters. The molecule has 0 bridgehead atoms. The second-order valence-electron chi connectivity index (χ2n) is 3.93. The zero-order valence-electron chi connectivity index (χ0n) is 10.4. The maximum absolute atomic E-state index is 11.7. The van der Waals surface area contributed by atoms with Crippen molar-refractivity contribution in [2.45, 2.75) is 26.3 Å². The fourth-order valence-electron chi connectivity index (χ4n) is 1.42. The van der Waals surface area contributed by atoms with E-state index in [9.17, 15) is 8.42 Å². The van der Waals surface area contributed by atoms with E-state index in [1.54, 1.807) is 11.3 Å². The van der Waals surface area contributed by atoms with E-state index in [0.717, 1.165) is 28.9 Å². The Hall–Kier alpha value is 0.0500. The van der Waals surface area contributed by atoms with E-state index in [-0.39, 0.29) is 5.75 Å². The number of rotatable bonds is 9. The van der Waals surface area contributed by atoms with Gasteiger partial charge in [0.15, 0.2) is 0 Å². The molecule has 1 rings (SSSR count). The summed E-state index contributed by atoms with van der Waals surface area (Å²) in [6.07, 6.45) is 1.58. The molecule has 1 aromatic rings. The summed E-state index contributed by atoms with van der Waals surface area (Å²) >= 11 is 4.89. The van der Waals surface area contributed by atoms with Crippen molar-refractivity contribution in [2.24, 2.45) is 0 Å². The van der Waals surface area contributed by atoms with Crippen molar-refractivity contribution >= 4 is 37.3 Å². The summed E-state index contributed by atoms with van der Waals surface area (Å²) in [7, 11) is -3.14. The van der Waals surface area contributed by atoms with Crippen molar-refractivity contribution in [3.8, 4) is 0 Å². The van der Waals surface area contributed by atoms with Crippen molar-refractivity contribution in [3.05, 3.63) is 20.8 Å². The molecule has 0 aliphatic heterocycles. The summed E-state index contributed by atoms with van der Waals surface area (Å²) in [5, 5.41) is 5.12. The second kappa shape index (κ2) is 8.27. The van der Waals surface area contributed by atoms with Gasteiger partial charge >= 0.3 is 0 Å². The van der Waals surface area contributed by atoms with Gasteiger partial charge in [-0.1, -0.05) is 6.92 Å². The highest BCUT2D eigenvalue weighted by Gasteiger charge is 2.10. The van der Waals surface area contributed by atoms with E-state index < -0.39 is 10.0 Å². The highest BCUT2D eigenvalue weighted by Crippen LogP contribution is 2.19. The Labute approximate surface area is 121 Å². The van der Waals surface area contributed by atoms with Crippen LogP contribution in [-0.2, 0) is 16.6 Å². The first-order valence-electron chi connectivity index (χ1n) is 5.94. The molecule has 0 radical (unpaired) electrons. The molecule has 0 saturated carbocycles. The number of nitrogens with one attached hydrogen (secondary N) is 2. The van der Waals surface area contributed by atoms with Crippen LogP contribution in [0.4, 0.5) is 0 Å². The number of thiophene rings is 1. The minimum atomic E-state index is -3.14. The van der Waals surface area contributed by atoms with Crippen LogP contribution < -0.4 is 10.0 Å². The minimum absolute atomic E-state index is 0.199. The molecular weight excluding hydrogens is 336 g/mol. The number of hydrogen-bond acceptors (Lipinski definition) is 4. The van der Waals surface area contributed by atoms with Crippen LogP contribution in [0.15, 0.2) is 15.9 Å². The number of halogens is 1. The highest BCUT2D eigenvalue weighted by molar-refractivity contribution is 9.10. The molecule has 2 N–H and O–H groups in total. The van der Waals surface area contributed by atoms with Crippen LogP contribution >= 0.6 is 27.3 Å². The van der Waals surface area contributed by atoms with E-state index >= 15 is 0 Å². The minimum Gasteiger partial charge on any atom is -0.317 e. The Balaban J connectivity index is 2.23. The van der Waals surface area contributed by atoms with Crippen molar-refractivity contribution in [1.29, 1.82) is 0 Å². The van der Waals surface area contributed by atoms with Crippen molar-refractivity contribution in [3.63, 3.8) is 0 Å². The predicted molar refractivity (Wildman–Crippen MR) is 80.4 cm³/mol. The quantitative estimate of drug-likeness (QED) is 0.669. The molecular formula is C11H19BrN2O2S2. The lowest BCUT2D eigenvalue weighted by Gasteiger charge is -2.05. The average molecular weight is 355 g/mol. The van der Waals surface area contributed by atoms with Crippen LogP contribution in [0.1, 0.15) is 24.6 Å².